The van der Waals surface area contributed by atoms with Crippen molar-refractivity contribution in [1.82, 2.24) is 15.1 Å². The van der Waals surface area contributed by atoms with Gasteiger partial charge in [-0.2, -0.15) is 5.10 Å². The van der Waals surface area contributed by atoms with E-state index in [1.807, 2.05) is 0 Å². The van der Waals surface area contributed by atoms with Gasteiger partial charge in [0.15, 0.2) is 0 Å². The van der Waals surface area contributed by atoms with E-state index in [9.17, 15) is 4.79 Å². The summed E-state index contributed by atoms with van der Waals surface area (Å²) in [7, 11) is 1.71. The summed E-state index contributed by atoms with van der Waals surface area (Å²) in [5.41, 5.74) is 0.518. The van der Waals surface area contributed by atoms with Crippen LogP contribution in [-0.4, -0.2) is 15.7 Å². The predicted octanol–water partition coefficient (Wildman–Crippen LogP) is 0.293. The number of nitrogens with zero attached hydrogens (tertiary/aromatic N) is 2. The Bertz CT molecular complexity index is 277. The largest absolute Gasteiger partial charge is 0.328 e. The van der Waals surface area contributed by atoms with Gasteiger partial charge in [0.1, 0.15) is 5.69 Å². The number of aryl methyl sites for hydroxylation is 1. The minimum atomic E-state index is -0.194. The molecule has 1 aromatic heterocycles. The van der Waals surface area contributed by atoms with Gasteiger partial charge in [-0.05, 0) is 12.3 Å². The number of carbonyl (C=O) groups excluding carboxylic acids is 1. The van der Waals surface area contributed by atoms with Crippen LogP contribution in [0.15, 0.2) is 25.0 Å². The Morgan fingerprint density at radius 2 is 2.64 bits per heavy atom. The quantitative estimate of drug-likeness (QED) is 0.660. The first-order valence-corrected chi connectivity index (χ1v) is 3.15. The van der Waals surface area contributed by atoms with Gasteiger partial charge in [0, 0.05) is 13.2 Å². The summed E-state index contributed by atoms with van der Waals surface area (Å²) in [6.45, 7) is 3.38. The van der Waals surface area contributed by atoms with Gasteiger partial charge in [0.05, 0.1) is 0 Å². The SMILES string of the molecule is C=CNC(=O)c1ccnn1C. The van der Waals surface area contributed by atoms with Gasteiger partial charge in [0.25, 0.3) is 5.91 Å². The fourth-order valence-corrected chi connectivity index (χ4v) is 0.763. The molecule has 0 aliphatic rings. The zero-order chi connectivity index (χ0) is 8.27. The molecule has 4 heteroatoms. The summed E-state index contributed by atoms with van der Waals surface area (Å²) in [5.74, 6) is -0.194. The first-order valence-electron chi connectivity index (χ1n) is 3.15. The molecule has 1 amide bonds. The van der Waals surface area contributed by atoms with E-state index >= 15 is 0 Å². The fraction of sp³-hybridized carbons (Fsp3) is 0.143. The molecule has 0 bridgehead atoms. The van der Waals surface area contributed by atoms with Gasteiger partial charge in [-0.3, -0.25) is 9.48 Å². The molecule has 0 atom stereocenters. The van der Waals surface area contributed by atoms with Crippen molar-refractivity contribution in [3.8, 4) is 0 Å². The predicted molar refractivity (Wildman–Crippen MR) is 40.9 cm³/mol. The van der Waals surface area contributed by atoms with Crippen LogP contribution in [0.3, 0.4) is 0 Å². The number of hydrogen-bond donors (Lipinski definition) is 1. The summed E-state index contributed by atoms with van der Waals surface area (Å²) in [5, 5.41) is 6.29. The van der Waals surface area contributed by atoms with E-state index in [1.54, 1.807) is 19.3 Å². The normalized spacial score (nSPS) is 9.18. The number of nitrogens with one attached hydrogen (secondary N) is 1. The van der Waals surface area contributed by atoms with Gasteiger partial charge < -0.3 is 5.32 Å². The van der Waals surface area contributed by atoms with E-state index in [0.717, 1.165) is 0 Å². The molecule has 4 nitrogen and oxygen atoms in total. The van der Waals surface area contributed by atoms with Crippen LogP contribution in [0.25, 0.3) is 0 Å². The van der Waals surface area contributed by atoms with Crippen LogP contribution in [0, 0.1) is 0 Å². The molecule has 0 unspecified atom stereocenters. The summed E-state index contributed by atoms with van der Waals surface area (Å²) in [6.07, 6.45) is 2.91. The molecule has 1 aromatic rings. The maximum Gasteiger partial charge on any atom is 0.273 e. The Morgan fingerprint density at radius 3 is 3.09 bits per heavy atom. The topological polar surface area (TPSA) is 46.9 Å². The molecule has 0 aliphatic carbocycles. The van der Waals surface area contributed by atoms with Gasteiger partial charge in [-0.25, -0.2) is 0 Å². The first-order chi connectivity index (χ1) is 5.25. The molecule has 0 fully saturated rings. The highest BCUT2D eigenvalue weighted by Gasteiger charge is 2.06. The molecule has 11 heavy (non-hydrogen) atoms. The lowest BCUT2D eigenvalue weighted by atomic mass is 10.4. The third-order valence-corrected chi connectivity index (χ3v) is 1.29. The number of aromatic nitrogens is 2. The highest BCUT2D eigenvalue weighted by atomic mass is 16.1. The summed E-state index contributed by atoms with van der Waals surface area (Å²) in [6, 6.07) is 1.64. The third-order valence-electron chi connectivity index (χ3n) is 1.29. The molecule has 0 aliphatic heterocycles. The van der Waals surface area contributed by atoms with Crippen LogP contribution in [-0.2, 0) is 7.05 Å². The van der Waals surface area contributed by atoms with Crippen molar-refractivity contribution in [2.45, 2.75) is 0 Å². The Balaban J connectivity index is 2.83. The summed E-state index contributed by atoms with van der Waals surface area (Å²) in [4.78, 5) is 11.1. The molecular weight excluding hydrogens is 142 g/mol. The number of carbonyl (C=O) groups is 1. The third kappa shape index (κ3) is 1.46. The Labute approximate surface area is 64.5 Å². The van der Waals surface area contributed by atoms with Crippen LogP contribution < -0.4 is 5.32 Å². The Morgan fingerprint density at radius 1 is 1.91 bits per heavy atom. The number of rotatable bonds is 2. The van der Waals surface area contributed by atoms with Crippen LogP contribution in [0.4, 0.5) is 0 Å². The smallest absolute Gasteiger partial charge is 0.273 e. The van der Waals surface area contributed by atoms with Crippen molar-refractivity contribution in [3.05, 3.63) is 30.7 Å². The molecule has 1 rings (SSSR count). The van der Waals surface area contributed by atoms with Gasteiger partial charge in [0.2, 0.25) is 0 Å². The van der Waals surface area contributed by atoms with Crippen molar-refractivity contribution in [3.63, 3.8) is 0 Å². The van der Waals surface area contributed by atoms with E-state index in [4.69, 9.17) is 0 Å². The van der Waals surface area contributed by atoms with Crippen LogP contribution in [0.2, 0.25) is 0 Å². The Kier molecular flexibility index (Phi) is 2.06. The summed E-state index contributed by atoms with van der Waals surface area (Å²) < 4.78 is 1.50. The van der Waals surface area contributed by atoms with Crippen LogP contribution in [0.1, 0.15) is 10.5 Å². The lowest BCUT2D eigenvalue weighted by Crippen LogP contribution is -2.19. The molecule has 0 aromatic carbocycles. The van der Waals surface area contributed by atoms with Crippen LogP contribution >= 0.6 is 0 Å². The monoisotopic (exact) mass is 151 g/mol. The number of amides is 1. The van der Waals surface area contributed by atoms with Gasteiger partial charge in [-0.15, -0.1) is 0 Å². The average molecular weight is 151 g/mol. The maximum atomic E-state index is 11.1. The lowest BCUT2D eigenvalue weighted by molar-refractivity contribution is 0.0961. The highest BCUT2D eigenvalue weighted by molar-refractivity contribution is 5.92. The maximum absolute atomic E-state index is 11.1. The van der Waals surface area contributed by atoms with Gasteiger partial charge in [-0.1, -0.05) is 6.58 Å². The van der Waals surface area contributed by atoms with Crippen molar-refractivity contribution in [1.29, 1.82) is 0 Å². The molecule has 0 saturated heterocycles. The Hall–Kier alpha value is -1.58. The second kappa shape index (κ2) is 3.01. The standard InChI is InChI=1S/C7H9N3O/c1-3-8-7(11)6-4-5-9-10(6)2/h3-5H,1H2,2H3,(H,8,11). The average Bonchev–Trinajstić information content (AvgIpc) is 2.36. The molecule has 0 spiro atoms. The highest BCUT2D eigenvalue weighted by Crippen LogP contribution is 1.94. The minimum absolute atomic E-state index is 0.194. The molecule has 58 valence electrons. The van der Waals surface area contributed by atoms with Crippen molar-refractivity contribution in [2.75, 3.05) is 0 Å². The molecule has 1 heterocycles. The number of hydrogen-bond acceptors (Lipinski definition) is 2. The molecule has 1 N–H and O–H groups in total. The lowest BCUT2D eigenvalue weighted by Gasteiger charge is -1.98. The zero-order valence-corrected chi connectivity index (χ0v) is 6.24. The molecular formula is C7H9N3O. The first kappa shape index (κ1) is 7.53. The van der Waals surface area contributed by atoms with Crippen molar-refractivity contribution in [2.24, 2.45) is 7.05 Å². The fourth-order valence-electron chi connectivity index (χ4n) is 0.763. The second-order valence-electron chi connectivity index (χ2n) is 2.02. The van der Waals surface area contributed by atoms with Crippen molar-refractivity contribution < 1.29 is 4.79 Å². The minimum Gasteiger partial charge on any atom is -0.328 e. The van der Waals surface area contributed by atoms with E-state index in [-0.39, 0.29) is 5.91 Å². The second-order valence-corrected chi connectivity index (χ2v) is 2.02. The molecule has 0 saturated carbocycles. The molecule has 0 radical (unpaired) electrons. The van der Waals surface area contributed by atoms with E-state index in [2.05, 4.69) is 17.0 Å². The van der Waals surface area contributed by atoms with Crippen LogP contribution in [0.5, 0.6) is 0 Å². The van der Waals surface area contributed by atoms with Crippen molar-refractivity contribution >= 4 is 5.91 Å². The van der Waals surface area contributed by atoms with Gasteiger partial charge >= 0.3 is 0 Å². The van der Waals surface area contributed by atoms with E-state index < -0.39 is 0 Å². The zero-order valence-electron chi connectivity index (χ0n) is 6.24. The van der Waals surface area contributed by atoms with E-state index in [1.165, 1.54) is 10.9 Å². The van der Waals surface area contributed by atoms with E-state index in [0.29, 0.717) is 5.69 Å². The summed E-state index contributed by atoms with van der Waals surface area (Å²) >= 11 is 0.